The largest absolute Gasteiger partial charge is 0.330 e. The van der Waals surface area contributed by atoms with Gasteiger partial charge in [0.1, 0.15) is 0 Å². The highest BCUT2D eigenvalue weighted by Crippen LogP contribution is 2.33. The highest BCUT2D eigenvalue weighted by Gasteiger charge is 2.20. The Morgan fingerprint density at radius 1 is 1.29 bits per heavy atom. The Balaban J connectivity index is 2.23. The molecule has 2 nitrogen and oxygen atoms in total. The smallest absolute Gasteiger partial charge is 0.164 e. The summed E-state index contributed by atoms with van der Waals surface area (Å²) in [6, 6.07) is 8.06. The fourth-order valence-electron chi connectivity index (χ4n) is 2.38. The van der Waals surface area contributed by atoms with Gasteiger partial charge in [0.15, 0.2) is 5.78 Å². The van der Waals surface area contributed by atoms with Gasteiger partial charge in [-0.15, -0.1) is 0 Å². The van der Waals surface area contributed by atoms with E-state index in [1.165, 1.54) is 29.9 Å². The molecule has 1 aromatic carbocycles. The minimum absolute atomic E-state index is 0.196. The first-order valence-electron chi connectivity index (χ1n) is 6.23. The molecule has 92 valence electrons. The summed E-state index contributed by atoms with van der Waals surface area (Å²) < 4.78 is 0. The average molecular weight is 249 g/mol. The summed E-state index contributed by atoms with van der Waals surface area (Å²) in [5, 5.41) is 0. The van der Waals surface area contributed by atoms with Crippen LogP contribution in [0, 0.1) is 0 Å². The van der Waals surface area contributed by atoms with Crippen molar-refractivity contribution in [2.45, 2.75) is 25.2 Å². The van der Waals surface area contributed by atoms with Crippen LogP contribution in [0.5, 0.6) is 0 Å². The van der Waals surface area contributed by atoms with Crippen LogP contribution in [0.3, 0.4) is 0 Å². The number of hydrogen-bond acceptors (Lipinski definition) is 3. The van der Waals surface area contributed by atoms with Gasteiger partial charge in [-0.05, 0) is 42.4 Å². The van der Waals surface area contributed by atoms with Crippen molar-refractivity contribution >= 4 is 17.5 Å². The Morgan fingerprint density at radius 3 is 2.71 bits per heavy atom. The molecule has 0 saturated carbocycles. The van der Waals surface area contributed by atoms with Crippen molar-refractivity contribution in [1.29, 1.82) is 0 Å². The maximum Gasteiger partial charge on any atom is 0.164 e. The number of thioether (sulfide) groups is 1. The van der Waals surface area contributed by atoms with Crippen molar-refractivity contribution in [1.82, 2.24) is 0 Å². The summed E-state index contributed by atoms with van der Waals surface area (Å²) >= 11 is 2.01. The van der Waals surface area contributed by atoms with Crippen LogP contribution in [0.25, 0.3) is 0 Å². The summed E-state index contributed by atoms with van der Waals surface area (Å²) in [5.74, 6) is 3.18. The van der Waals surface area contributed by atoms with Gasteiger partial charge in [-0.2, -0.15) is 11.8 Å². The molecule has 1 heterocycles. The quantitative estimate of drug-likeness (QED) is 0.834. The van der Waals surface area contributed by atoms with Gasteiger partial charge < -0.3 is 5.73 Å². The Labute approximate surface area is 107 Å². The van der Waals surface area contributed by atoms with Crippen molar-refractivity contribution in [3.8, 4) is 0 Å². The SMILES string of the molecule is NCCC(=O)c1ccccc1C1CCSCC1. The molecule has 0 amide bonds. The van der Waals surface area contributed by atoms with E-state index in [2.05, 4.69) is 6.07 Å². The molecule has 0 radical (unpaired) electrons. The summed E-state index contributed by atoms with van der Waals surface area (Å²) in [7, 11) is 0. The van der Waals surface area contributed by atoms with E-state index >= 15 is 0 Å². The standard InChI is InChI=1S/C14H19NOS/c15-8-5-14(16)13-4-2-1-3-12(13)11-6-9-17-10-7-11/h1-4,11H,5-10,15H2. The molecule has 2 N–H and O–H groups in total. The molecule has 1 fully saturated rings. The molecule has 0 aromatic heterocycles. The van der Waals surface area contributed by atoms with Crippen LogP contribution in [0.4, 0.5) is 0 Å². The maximum absolute atomic E-state index is 12.0. The Morgan fingerprint density at radius 2 is 2.00 bits per heavy atom. The molecule has 3 heteroatoms. The number of nitrogens with two attached hydrogens (primary N) is 1. The van der Waals surface area contributed by atoms with Crippen molar-refractivity contribution in [3.05, 3.63) is 35.4 Å². The second kappa shape index (κ2) is 6.22. The second-order valence-corrected chi connectivity index (χ2v) is 5.66. The van der Waals surface area contributed by atoms with E-state index in [-0.39, 0.29) is 5.78 Å². The van der Waals surface area contributed by atoms with Crippen molar-refractivity contribution in [2.24, 2.45) is 5.73 Å². The number of benzene rings is 1. The van der Waals surface area contributed by atoms with E-state index in [1.807, 2.05) is 30.0 Å². The van der Waals surface area contributed by atoms with Gasteiger partial charge in [-0.3, -0.25) is 4.79 Å². The molecule has 1 aromatic rings. The third kappa shape index (κ3) is 3.11. The number of carbonyl (C=O) groups excluding carboxylic acids is 1. The first-order valence-corrected chi connectivity index (χ1v) is 7.38. The lowest BCUT2D eigenvalue weighted by Crippen LogP contribution is -2.14. The molecule has 1 aliphatic rings. The number of ketones is 1. The maximum atomic E-state index is 12.0. The topological polar surface area (TPSA) is 43.1 Å². The minimum Gasteiger partial charge on any atom is -0.330 e. The zero-order valence-electron chi connectivity index (χ0n) is 10.0. The van der Waals surface area contributed by atoms with Crippen molar-refractivity contribution < 1.29 is 4.79 Å². The van der Waals surface area contributed by atoms with Gasteiger partial charge in [-0.1, -0.05) is 24.3 Å². The summed E-state index contributed by atoms with van der Waals surface area (Å²) in [6.07, 6.45) is 2.84. The van der Waals surface area contributed by atoms with Gasteiger partial charge in [0.05, 0.1) is 0 Å². The van der Waals surface area contributed by atoms with Gasteiger partial charge in [0.25, 0.3) is 0 Å². The average Bonchev–Trinajstić information content (AvgIpc) is 2.40. The number of carbonyl (C=O) groups is 1. The van der Waals surface area contributed by atoms with Crippen LogP contribution in [0.1, 0.15) is 41.1 Å². The minimum atomic E-state index is 0.196. The lowest BCUT2D eigenvalue weighted by atomic mass is 9.88. The van der Waals surface area contributed by atoms with E-state index < -0.39 is 0 Å². The Kier molecular flexibility index (Phi) is 4.63. The molecule has 0 unspecified atom stereocenters. The third-order valence-electron chi connectivity index (χ3n) is 3.29. The first-order chi connectivity index (χ1) is 8.33. The zero-order valence-corrected chi connectivity index (χ0v) is 10.8. The van der Waals surface area contributed by atoms with Crippen LogP contribution in [-0.2, 0) is 0 Å². The highest BCUT2D eigenvalue weighted by atomic mass is 32.2. The van der Waals surface area contributed by atoms with Crippen LogP contribution in [-0.4, -0.2) is 23.8 Å². The van der Waals surface area contributed by atoms with Crippen LogP contribution < -0.4 is 5.73 Å². The fourth-order valence-corrected chi connectivity index (χ4v) is 3.49. The molecule has 2 rings (SSSR count). The van der Waals surface area contributed by atoms with Crippen LogP contribution >= 0.6 is 11.8 Å². The zero-order chi connectivity index (χ0) is 12.1. The van der Waals surface area contributed by atoms with Gasteiger partial charge in [-0.25, -0.2) is 0 Å². The summed E-state index contributed by atoms with van der Waals surface area (Å²) in [4.78, 5) is 12.0. The lowest BCUT2D eigenvalue weighted by Gasteiger charge is -2.23. The predicted molar refractivity (Wildman–Crippen MR) is 73.7 cm³/mol. The van der Waals surface area contributed by atoms with E-state index in [4.69, 9.17) is 5.73 Å². The number of rotatable bonds is 4. The first kappa shape index (κ1) is 12.7. The van der Waals surface area contributed by atoms with Crippen LogP contribution in [0.15, 0.2) is 24.3 Å². The third-order valence-corrected chi connectivity index (χ3v) is 4.34. The normalized spacial score (nSPS) is 17.0. The van der Waals surface area contributed by atoms with E-state index in [1.54, 1.807) is 0 Å². The van der Waals surface area contributed by atoms with Crippen LogP contribution in [0.2, 0.25) is 0 Å². The monoisotopic (exact) mass is 249 g/mol. The molecular weight excluding hydrogens is 230 g/mol. The Bertz CT molecular complexity index is 386. The van der Waals surface area contributed by atoms with Crippen molar-refractivity contribution in [2.75, 3.05) is 18.1 Å². The fraction of sp³-hybridized carbons (Fsp3) is 0.500. The summed E-state index contributed by atoms with van der Waals surface area (Å²) in [5.41, 5.74) is 7.61. The molecule has 0 bridgehead atoms. The molecule has 0 aliphatic carbocycles. The molecule has 1 saturated heterocycles. The molecule has 17 heavy (non-hydrogen) atoms. The van der Waals surface area contributed by atoms with Gasteiger partial charge in [0.2, 0.25) is 0 Å². The number of hydrogen-bond donors (Lipinski definition) is 1. The predicted octanol–water partition coefficient (Wildman–Crippen LogP) is 2.83. The molecule has 0 atom stereocenters. The van der Waals surface area contributed by atoms with E-state index in [9.17, 15) is 4.79 Å². The van der Waals surface area contributed by atoms with E-state index in [0.717, 1.165) is 5.56 Å². The highest BCUT2D eigenvalue weighted by molar-refractivity contribution is 7.99. The number of Topliss-reactive ketones (excluding diaryl/α,β-unsaturated/α-hetero) is 1. The molecule has 0 spiro atoms. The van der Waals surface area contributed by atoms with Gasteiger partial charge in [0, 0.05) is 12.0 Å². The molecule has 1 aliphatic heterocycles. The second-order valence-electron chi connectivity index (χ2n) is 4.44. The summed E-state index contributed by atoms with van der Waals surface area (Å²) in [6.45, 7) is 0.438. The van der Waals surface area contributed by atoms with Crippen molar-refractivity contribution in [3.63, 3.8) is 0 Å². The van der Waals surface area contributed by atoms with E-state index in [0.29, 0.717) is 18.9 Å². The Hall–Kier alpha value is -0.800. The molecular formula is C14H19NOS. The lowest BCUT2D eigenvalue weighted by molar-refractivity contribution is 0.0984. The van der Waals surface area contributed by atoms with Gasteiger partial charge >= 0.3 is 0 Å².